The standard InChI is InChI=1S/C19H24BrN/c1-13(2)16-8-10-17(11-9-16)14(3)21-15(4)18-6-5-7-19(20)12-18/h5-15,21H,1-4H3/t14?,15-/m0/s1. The van der Waals surface area contributed by atoms with E-state index in [1.54, 1.807) is 0 Å². The minimum Gasteiger partial charge on any atom is -0.304 e. The molecule has 0 aliphatic carbocycles. The molecule has 21 heavy (non-hydrogen) atoms. The molecule has 0 aromatic heterocycles. The molecule has 0 heterocycles. The van der Waals surface area contributed by atoms with Gasteiger partial charge in [-0.15, -0.1) is 0 Å². The second kappa shape index (κ2) is 7.24. The lowest BCUT2D eigenvalue weighted by atomic mass is 9.99. The van der Waals surface area contributed by atoms with Gasteiger partial charge in [-0.1, -0.05) is 66.2 Å². The van der Waals surface area contributed by atoms with E-state index in [4.69, 9.17) is 0 Å². The summed E-state index contributed by atoms with van der Waals surface area (Å²) in [5, 5.41) is 3.67. The van der Waals surface area contributed by atoms with Gasteiger partial charge in [0, 0.05) is 16.6 Å². The zero-order valence-electron chi connectivity index (χ0n) is 13.2. The Morgan fingerprint density at radius 3 is 1.90 bits per heavy atom. The molecule has 0 radical (unpaired) electrons. The molecule has 2 rings (SSSR count). The number of benzene rings is 2. The van der Waals surface area contributed by atoms with Crippen LogP contribution in [0.25, 0.3) is 0 Å². The zero-order valence-corrected chi connectivity index (χ0v) is 14.8. The van der Waals surface area contributed by atoms with Crippen LogP contribution in [-0.4, -0.2) is 0 Å². The van der Waals surface area contributed by atoms with E-state index < -0.39 is 0 Å². The summed E-state index contributed by atoms with van der Waals surface area (Å²) in [6.07, 6.45) is 0. The van der Waals surface area contributed by atoms with Crippen LogP contribution in [0.15, 0.2) is 53.0 Å². The lowest BCUT2D eigenvalue weighted by Gasteiger charge is -2.21. The average molecular weight is 346 g/mol. The number of hydrogen-bond acceptors (Lipinski definition) is 1. The first kappa shape index (κ1) is 16.3. The maximum Gasteiger partial charge on any atom is 0.0297 e. The highest BCUT2D eigenvalue weighted by Crippen LogP contribution is 2.23. The summed E-state index contributed by atoms with van der Waals surface area (Å²) in [4.78, 5) is 0. The lowest BCUT2D eigenvalue weighted by molar-refractivity contribution is 0.494. The van der Waals surface area contributed by atoms with Crippen LogP contribution in [-0.2, 0) is 0 Å². The van der Waals surface area contributed by atoms with Gasteiger partial charge in [0.05, 0.1) is 0 Å². The van der Waals surface area contributed by atoms with E-state index in [2.05, 4.69) is 97.5 Å². The molecule has 2 atom stereocenters. The van der Waals surface area contributed by atoms with Crippen LogP contribution in [0.3, 0.4) is 0 Å². The van der Waals surface area contributed by atoms with E-state index in [-0.39, 0.29) is 0 Å². The molecular formula is C19H24BrN. The fraction of sp³-hybridized carbons (Fsp3) is 0.368. The van der Waals surface area contributed by atoms with Crippen molar-refractivity contribution in [3.63, 3.8) is 0 Å². The number of rotatable bonds is 5. The van der Waals surface area contributed by atoms with E-state index in [9.17, 15) is 0 Å². The van der Waals surface area contributed by atoms with E-state index in [1.165, 1.54) is 16.7 Å². The molecule has 1 nitrogen and oxygen atoms in total. The highest BCUT2D eigenvalue weighted by molar-refractivity contribution is 9.10. The van der Waals surface area contributed by atoms with E-state index >= 15 is 0 Å². The molecule has 2 heteroatoms. The van der Waals surface area contributed by atoms with E-state index in [0.717, 1.165) is 4.47 Å². The molecular weight excluding hydrogens is 322 g/mol. The molecule has 112 valence electrons. The van der Waals surface area contributed by atoms with Gasteiger partial charge in [0.25, 0.3) is 0 Å². The Morgan fingerprint density at radius 1 is 0.762 bits per heavy atom. The van der Waals surface area contributed by atoms with Gasteiger partial charge in [-0.05, 0) is 48.6 Å². The number of halogens is 1. The molecule has 0 aliphatic heterocycles. The molecule has 1 N–H and O–H groups in total. The van der Waals surface area contributed by atoms with Gasteiger partial charge in [0.1, 0.15) is 0 Å². The maximum atomic E-state index is 3.67. The quantitative estimate of drug-likeness (QED) is 0.702. The topological polar surface area (TPSA) is 12.0 Å². The summed E-state index contributed by atoms with van der Waals surface area (Å²) in [5.41, 5.74) is 4.03. The summed E-state index contributed by atoms with van der Waals surface area (Å²) < 4.78 is 1.13. The zero-order chi connectivity index (χ0) is 15.4. The highest BCUT2D eigenvalue weighted by atomic mass is 79.9. The Morgan fingerprint density at radius 2 is 1.33 bits per heavy atom. The summed E-state index contributed by atoms with van der Waals surface area (Å²) >= 11 is 3.54. The Hall–Kier alpha value is -1.12. The molecule has 0 amide bonds. The van der Waals surface area contributed by atoms with Gasteiger partial charge >= 0.3 is 0 Å². The molecule has 1 unspecified atom stereocenters. The van der Waals surface area contributed by atoms with Crippen LogP contribution in [0.4, 0.5) is 0 Å². The van der Waals surface area contributed by atoms with Gasteiger partial charge in [-0.3, -0.25) is 0 Å². The van der Waals surface area contributed by atoms with Gasteiger partial charge < -0.3 is 5.32 Å². The Bertz CT molecular complexity index is 574. The fourth-order valence-corrected chi connectivity index (χ4v) is 2.93. The minimum atomic E-state index is 0.322. The van der Waals surface area contributed by atoms with Crippen molar-refractivity contribution >= 4 is 15.9 Å². The minimum absolute atomic E-state index is 0.322. The predicted octanol–water partition coefficient (Wildman–Crippen LogP) is 5.98. The van der Waals surface area contributed by atoms with Crippen molar-refractivity contribution in [2.24, 2.45) is 0 Å². The van der Waals surface area contributed by atoms with Crippen molar-refractivity contribution in [2.45, 2.75) is 45.7 Å². The summed E-state index contributed by atoms with van der Waals surface area (Å²) in [7, 11) is 0. The van der Waals surface area contributed by atoms with Gasteiger partial charge in [-0.25, -0.2) is 0 Å². The summed E-state index contributed by atoms with van der Waals surface area (Å²) in [5.74, 6) is 0.586. The van der Waals surface area contributed by atoms with E-state index in [1.807, 2.05) is 0 Å². The fourth-order valence-electron chi connectivity index (χ4n) is 2.51. The SMILES string of the molecule is CC(C)c1ccc(C(C)N[C@@H](C)c2cccc(Br)c2)cc1. The smallest absolute Gasteiger partial charge is 0.0297 e. The Labute approximate surface area is 136 Å². The first-order valence-electron chi connectivity index (χ1n) is 7.58. The summed E-state index contributed by atoms with van der Waals surface area (Å²) in [6, 6.07) is 18.1. The second-order valence-corrected chi connectivity index (χ2v) is 6.90. The number of hydrogen-bond donors (Lipinski definition) is 1. The third-order valence-corrected chi connectivity index (χ3v) is 4.45. The molecule has 0 bridgehead atoms. The Kier molecular flexibility index (Phi) is 5.60. The van der Waals surface area contributed by atoms with Crippen LogP contribution in [0.5, 0.6) is 0 Å². The Balaban J connectivity index is 2.05. The van der Waals surface area contributed by atoms with Crippen molar-refractivity contribution in [3.05, 3.63) is 69.7 Å². The van der Waals surface area contributed by atoms with Gasteiger partial charge in [0.15, 0.2) is 0 Å². The average Bonchev–Trinajstić information content (AvgIpc) is 2.47. The largest absolute Gasteiger partial charge is 0.304 e. The van der Waals surface area contributed by atoms with E-state index in [0.29, 0.717) is 18.0 Å². The van der Waals surface area contributed by atoms with Crippen LogP contribution in [0.1, 0.15) is 62.4 Å². The molecule has 2 aromatic rings. The summed E-state index contributed by atoms with van der Waals surface area (Å²) in [6.45, 7) is 8.89. The highest BCUT2D eigenvalue weighted by Gasteiger charge is 2.11. The first-order valence-corrected chi connectivity index (χ1v) is 8.38. The molecule has 0 aliphatic rings. The number of nitrogens with one attached hydrogen (secondary N) is 1. The normalized spacial score (nSPS) is 14.2. The van der Waals surface area contributed by atoms with Crippen LogP contribution in [0, 0.1) is 0 Å². The van der Waals surface area contributed by atoms with Crippen molar-refractivity contribution in [2.75, 3.05) is 0 Å². The van der Waals surface area contributed by atoms with Crippen molar-refractivity contribution in [1.29, 1.82) is 0 Å². The predicted molar refractivity (Wildman–Crippen MR) is 94.6 cm³/mol. The third-order valence-electron chi connectivity index (χ3n) is 3.95. The van der Waals surface area contributed by atoms with Gasteiger partial charge in [0.2, 0.25) is 0 Å². The van der Waals surface area contributed by atoms with Gasteiger partial charge in [-0.2, -0.15) is 0 Å². The van der Waals surface area contributed by atoms with Crippen LogP contribution in [0.2, 0.25) is 0 Å². The monoisotopic (exact) mass is 345 g/mol. The first-order chi connectivity index (χ1) is 9.97. The van der Waals surface area contributed by atoms with Crippen LogP contribution >= 0.6 is 15.9 Å². The molecule has 0 saturated heterocycles. The maximum absolute atomic E-state index is 3.67. The third kappa shape index (κ3) is 4.42. The molecule has 0 spiro atoms. The second-order valence-electron chi connectivity index (χ2n) is 5.99. The van der Waals surface area contributed by atoms with Crippen molar-refractivity contribution in [1.82, 2.24) is 5.32 Å². The van der Waals surface area contributed by atoms with Crippen molar-refractivity contribution < 1.29 is 0 Å². The van der Waals surface area contributed by atoms with Crippen LogP contribution < -0.4 is 5.32 Å². The lowest BCUT2D eigenvalue weighted by Crippen LogP contribution is -2.22. The molecule has 0 fully saturated rings. The molecule has 2 aromatic carbocycles. The van der Waals surface area contributed by atoms with Crippen molar-refractivity contribution in [3.8, 4) is 0 Å². The molecule has 0 saturated carbocycles.